The van der Waals surface area contributed by atoms with Crippen molar-refractivity contribution in [1.29, 1.82) is 0 Å². The molecule has 2 heterocycles. The van der Waals surface area contributed by atoms with Crippen molar-refractivity contribution in [3.05, 3.63) is 58.0 Å². The van der Waals surface area contributed by atoms with Crippen molar-refractivity contribution in [2.24, 2.45) is 7.05 Å². The lowest BCUT2D eigenvalue weighted by atomic mass is 10.2. The van der Waals surface area contributed by atoms with E-state index >= 15 is 0 Å². The second-order valence-electron chi connectivity index (χ2n) is 4.71. The van der Waals surface area contributed by atoms with E-state index in [1.165, 1.54) is 23.0 Å². The van der Waals surface area contributed by atoms with Crippen molar-refractivity contribution in [1.82, 2.24) is 19.3 Å². The molecule has 0 atom stereocenters. The molecular formula is C14H13FN4O. The van der Waals surface area contributed by atoms with E-state index in [0.29, 0.717) is 16.6 Å². The third-order valence-electron chi connectivity index (χ3n) is 3.33. The fourth-order valence-electron chi connectivity index (χ4n) is 2.16. The molecule has 0 aliphatic rings. The highest BCUT2D eigenvalue weighted by atomic mass is 19.1. The van der Waals surface area contributed by atoms with Crippen molar-refractivity contribution < 1.29 is 4.39 Å². The maximum absolute atomic E-state index is 13.2. The molecule has 0 saturated carbocycles. The van der Waals surface area contributed by atoms with Crippen LogP contribution in [0.3, 0.4) is 0 Å². The van der Waals surface area contributed by atoms with Crippen LogP contribution in [0, 0.1) is 12.7 Å². The third-order valence-corrected chi connectivity index (χ3v) is 3.33. The quantitative estimate of drug-likeness (QED) is 0.712. The lowest BCUT2D eigenvalue weighted by Gasteiger charge is -2.05. The van der Waals surface area contributed by atoms with Gasteiger partial charge >= 0.3 is 0 Å². The summed E-state index contributed by atoms with van der Waals surface area (Å²) in [5, 5.41) is 4.18. The van der Waals surface area contributed by atoms with Gasteiger partial charge in [0.05, 0.1) is 18.6 Å². The minimum absolute atomic E-state index is 0.219. The smallest absolute Gasteiger partial charge is 0.282 e. The van der Waals surface area contributed by atoms with Crippen LogP contribution in [-0.2, 0) is 13.6 Å². The van der Waals surface area contributed by atoms with E-state index in [1.807, 2.05) is 6.92 Å². The summed E-state index contributed by atoms with van der Waals surface area (Å²) in [7, 11) is 1.77. The zero-order valence-corrected chi connectivity index (χ0v) is 11.2. The fraction of sp³-hybridized carbons (Fsp3) is 0.214. The van der Waals surface area contributed by atoms with Crippen LogP contribution < -0.4 is 5.56 Å². The Morgan fingerprint density at radius 3 is 2.85 bits per heavy atom. The fourth-order valence-corrected chi connectivity index (χ4v) is 2.16. The van der Waals surface area contributed by atoms with Gasteiger partial charge in [-0.25, -0.2) is 9.37 Å². The second kappa shape index (κ2) is 4.56. The van der Waals surface area contributed by atoms with Crippen LogP contribution in [0.5, 0.6) is 0 Å². The largest absolute Gasteiger partial charge is 0.293 e. The van der Waals surface area contributed by atoms with Gasteiger partial charge in [-0.2, -0.15) is 5.10 Å². The minimum Gasteiger partial charge on any atom is -0.293 e. The Hall–Kier alpha value is -2.50. The maximum Gasteiger partial charge on any atom is 0.282 e. The lowest BCUT2D eigenvalue weighted by molar-refractivity contribution is 0.622. The first-order chi connectivity index (χ1) is 9.56. The minimum atomic E-state index is -0.321. The van der Waals surface area contributed by atoms with Gasteiger partial charge in [-0.05, 0) is 24.6 Å². The van der Waals surface area contributed by atoms with Crippen LogP contribution in [0.2, 0.25) is 0 Å². The van der Waals surface area contributed by atoms with Gasteiger partial charge in [-0.15, -0.1) is 0 Å². The summed E-state index contributed by atoms with van der Waals surface area (Å²) in [6, 6.07) is 6.16. The zero-order valence-electron chi connectivity index (χ0n) is 11.2. The lowest BCUT2D eigenvalue weighted by Crippen LogP contribution is -2.21. The average molecular weight is 272 g/mol. The molecule has 102 valence electrons. The summed E-state index contributed by atoms with van der Waals surface area (Å²) >= 11 is 0. The highest BCUT2D eigenvalue weighted by Gasteiger charge is 2.12. The van der Waals surface area contributed by atoms with Gasteiger partial charge in [0, 0.05) is 7.05 Å². The first kappa shape index (κ1) is 12.5. The number of aryl methyl sites for hydroxylation is 2. The van der Waals surface area contributed by atoms with Crippen molar-refractivity contribution in [3.63, 3.8) is 0 Å². The molecule has 0 bridgehead atoms. The number of hydrogen-bond acceptors (Lipinski definition) is 3. The molecule has 5 nitrogen and oxygen atoms in total. The van der Waals surface area contributed by atoms with E-state index in [1.54, 1.807) is 23.9 Å². The Morgan fingerprint density at radius 1 is 1.30 bits per heavy atom. The van der Waals surface area contributed by atoms with Crippen molar-refractivity contribution in [2.45, 2.75) is 13.5 Å². The molecule has 1 aromatic carbocycles. The Labute approximate surface area is 114 Å². The van der Waals surface area contributed by atoms with E-state index < -0.39 is 0 Å². The summed E-state index contributed by atoms with van der Waals surface area (Å²) < 4.78 is 16.2. The summed E-state index contributed by atoms with van der Waals surface area (Å²) in [5.41, 5.74) is 2.27. The average Bonchev–Trinajstić information content (AvgIpc) is 2.70. The predicted octanol–water partition coefficient (Wildman–Crippen LogP) is 1.63. The highest BCUT2D eigenvalue weighted by molar-refractivity contribution is 5.75. The van der Waals surface area contributed by atoms with Crippen molar-refractivity contribution in [2.75, 3.05) is 0 Å². The van der Waals surface area contributed by atoms with Crippen LogP contribution in [0.1, 0.15) is 11.3 Å². The molecule has 0 amide bonds. The molecule has 6 heteroatoms. The van der Waals surface area contributed by atoms with E-state index in [9.17, 15) is 9.18 Å². The second-order valence-corrected chi connectivity index (χ2v) is 4.71. The SMILES string of the molecule is Cc1c2ncn(Cc3cccc(F)c3)c(=O)c2nn1C. The molecule has 0 radical (unpaired) electrons. The van der Waals surface area contributed by atoms with E-state index in [0.717, 1.165) is 5.69 Å². The molecule has 0 saturated heterocycles. The Morgan fingerprint density at radius 2 is 2.10 bits per heavy atom. The first-order valence-corrected chi connectivity index (χ1v) is 6.19. The van der Waals surface area contributed by atoms with Crippen LogP contribution in [-0.4, -0.2) is 19.3 Å². The number of fused-ring (bicyclic) bond motifs is 1. The number of aromatic nitrogens is 4. The normalized spacial score (nSPS) is 11.2. The topological polar surface area (TPSA) is 52.7 Å². The number of benzene rings is 1. The molecule has 0 N–H and O–H groups in total. The molecular weight excluding hydrogens is 259 g/mol. The molecule has 0 unspecified atom stereocenters. The Balaban J connectivity index is 2.09. The Bertz CT molecular complexity index is 850. The zero-order chi connectivity index (χ0) is 14.3. The molecule has 20 heavy (non-hydrogen) atoms. The maximum atomic E-state index is 13.2. The van der Waals surface area contributed by atoms with Crippen LogP contribution in [0.25, 0.3) is 11.0 Å². The summed E-state index contributed by atoms with van der Waals surface area (Å²) in [4.78, 5) is 16.6. The molecule has 0 fully saturated rings. The van der Waals surface area contributed by atoms with Gasteiger partial charge in [-0.3, -0.25) is 14.0 Å². The van der Waals surface area contributed by atoms with Crippen molar-refractivity contribution >= 4 is 11.0 Å². The summed E-state index contributed by atoms with van der Waals surface area (Å²) in [5.74, 6) is -0.321. The van der Waals surface area contributed by atoms with Gasteiger partial charge in [-0.1, -0.05) is 12.1 Å². The van der Waals surface area contributed by atoms with E-state index in [-0.39, 0.29) is 17.9 Å². The van der Waals surface area contributed by atoms with E-state index in [4.69, 9.17) is 0 Å². The van der Waals surface area contributed by atoms with Gasteiger partial charge in [0.1, 0.15) is 11.3 Å². The summed E-state index contributed by atoms with van der Waals surface area (Å²) in [6.45, 7) is 2.13. The molecule has 3 rings (SSSR count). The molecule has 2 aromatic heterocycles. The van der Waals surface area contributed by atoms with E-state index in [2.05, 4.69) is 10.1 Å². The van der Waals surface area contributed by atoms with Crippen LogP contribution in [0.15, 0.2) is 35.4 Å². The molecule has 3 aromatic rings. The summed E-state index contributed by atoms with van der Waals surface area (Å²) in [6.07, 6.45) is 1.48. The Kier molecular flexibility index (Phi) is 2.85. The number of rotatable bonds is 2. The van der Waals surface area contributed by atoms with Gasteiger partial charge in [0.25, 0.3) is 5.56 Å². The predicted molar refractivity (Wildman–Crippen MR) is 73.0 cm³/mol. The first-order valence-electron chi connectivity index (χ1n) is 6.19. The van der Waals surface area contributed by atoms with Gasteiger partial charge in [0.15, 0.2) is 5.52 Å². The standard InChI is InChI=1S/C14H13FN4O/c1-9-12-13(17-18(9)2)14(20)19(8-16-12)7-10-4-3-5-11(15)6-10/h3-6,8H,7H2,1-2H3. The number of nitrogens with zero attached hydrogens (tertiary/aromatic N) is 4. The molecule has 0 aliphatic heterocycles. The monoisotopic (exact) mass is 272 g/mol. The van der Waals surface area contributed by atoms with Gasteiger partial charge < -0.3 is 0 Å². The van der Waals surface area contributed by atoms with Crippen molar-refractivity contribution in [3.8, 4) is 0 Å². The molecule has 0 spiro atoms. The van der Waals surface area contributed by atoms with Crippen LogP contribution in [0.4, 0.5) is 4.39 Å². The third kappa shape index (κ3) is 1.99. The highest BCUT2D eigenvalue weighted by Crippen LogP contribution is 2.10. The van der Waals surface area contributed by atoms with Gasteiger partial charge in [0.2, 0.25) is 0 Å². The number of hydrogen-bond donors (Lipinski definition) is 0. The molecule has 0 aliphatic carbocycles. The number of halogens is 1. The van der Waals surface area contributed by atoms with Crippen LogP contribution >= 0.6 is 0 Å².